The zero-order chi connectivity index (χ0) is 14.7. The van der Waals surface area contributed by atoms with E-state index in [-0.39, 0.29) is 0 Å². The largest absolute Gasteiger partial charge is 0.394 e. The molecule has 2 heterocycles. The summed E-state index contributed by atoms with van der Waals surface area (Å²) < 4.78 is 6.97. The number of aliphatic hydroxyl groups excluding tert-OH is 4. The van der Waals surface area contributed by atoms with Gasteiger partial charge in [0.05, 0.1) is 18.6 Å². The van der Waals surface area contributed by atoms with Gasteiger partial charge in [0.1, 0.15) is 24.4 Å². The Morgan fingerprint density at radius 3 is 2.70 bits per heavy atom. The summed E-state index contributed by atoms with van der Waals surface area (Å²) in [6, 6.07) is 0. The summed E-state index contributed by atoms with van der Waals surface area (Å²) in [6.07, 6.45) is -1.89. The second-order valence-corrected chi connectivity index (χ2v) is 4.89. The van der Waals surface area contributed by atoms with Crippen molar-refractivity contribution in [1.29, 1.82) is 0 Å². The molecule has 2 rings (SSSR count). The van der Waals surface area contributed by atoms with E-state index < -0.39 is 37.3 Å². The molecule has 0 amide bonds. The highest BCUT2D eigenvalue weighted by Crippen LogP contribution is 2.28. The predicted molar refractivity (Wildman–Crippen MR) is 68.9 cm³/mol. The third-order valence-corrected chi connectivity index (χ3v) is 3.45. The van der Waals surface area contributed by atoms with Crippen molar-refractivity contribution in [2.75, 3.05) is 20.2 Å². The lowest BCUT2D eigenvalue weighted by molar-refractivity contribution is -0.251. The lowest BCUT2D eigenvalue weighted by Gasteiger charge is -2.40. The Morgan fingerprint density at radius 1 is 1.30 bits per heavy atom. The van der Waals surface area contributed by atoms with E-state index in [4.69, 9.17) is 9.84 Å². The molecule has 0 aliphatic carbocycles. The van der Waals surface area contributed by atoms with Gasteiger partial charge >= 0.3 is 0 Å². The van der Waals surface area contributed by atoms with Gasteiger partial charge in [-0.2, -0.15) is 0 Å². The molecule has 5 atom stereocenters. The predicted octanol–water partition coefficient (Wildman–Crippen LogP) is -2.38. The quantitative estimate of drug-likeness (QED) is 0.410. The summed E-state index contributed by atoms with van der Waals surface area (Å²) in [6.45, 7) is 0.328. The lowest BCUT2D eigenvalue weighted by Crippen LogP contribution is -2.56. The maximum atomic E-state index is 9.98. The van der Waals surface area contributed by atoms with E-state index >= 15 is 0 Å². The molecule has 0 unspecified atom stereocenters. The molecule has 0 spiro atoms. The zero-order valence-corrected chi connectivity index (χ0v) is 11.3. The van der Waals surface area contributed by atoms with E-state index in [1.165, 1.54) is 10.9 Å². The molecule has 5 N–H and O–H groups in total. The van der Waals surface area contributed by atoms with Crippen LogP contribution in [-0.4, -0.2) is 74.6 Å². The van der Waals surface area contributed by atoms with E-state index in [1.807, 2.05) is 7.05 Å². The van der Waals surface area contributed by atoms with Crippen LogP contribution in [0.1, 0.15) is 11.9 Å². The zero-order valence-electron chi connectivity index (χ0n) is 11.3. The normalized spacial score (nSPS) is 34.4. The molecule has 0 radical (unpaired) electrons. The fraction of sp³-hybridized carbons (Fsp3) is 0.750. The van der Waals surface area contributed by atoms with E-state index in [1.54, 1.807) is 6.20 Å². The third-order valence-electron chi connectivity index (χ3n) is 3.45. The topological polar surface area (TPSA) is 120 Å². The van der Waals surface area contributed by atoms with Crippen LogP contribution in [0.3, 0.4) is 0 Å². The van der Waals surface area contributed by atoms with E-state index in [9.17, 15) is 15.3 Å². The number of hydrogen-bond donors (Lipinski definition) is 5. The number of ether oxygens (including phenoxy) is 1. The van der Waals surface area contributed by atoms with Crippen molar-refractivity contribution < 1.29 is 25.2 Å². The molecule has 8 nitrogen and oxygen atoms in total. The SMILES string of the molecule is CNCCc1cn([C@@H]2O[C@H](CO)[C@@H](O)[C@H](O)[C@H]2O)cn1. The average Bonchev–Trinajstić information content (AvgIpc) is 2.91. The second kappa shape index (κ2) is 6.61. The van der Waals surface area contributed by atoms with Crippen LogP contribution >= 0.6 is 0 Å². The smallest absolute Gasteiger partial charge is 0.164 e. The number of likely N-dealkylation sites (N-methyl/N-ethyl adjacent to an activating group) is 1. The number of aromatic nitrogens is 2. The summed E-state index contributed by atoms with van der Waals surface area (Å²) in [5, 5.41) is 41.6. The molecular weight excluding hydrogens is 266 g/mol. The molecule has 20 heavy (non-hydrogen) atoms. The van der Waals surface area contributed by atoms with Crippen molar-refractivity contribution in [2.24, 2.45) is 0 Å². The average molecular weight is 287 g/mol. The maximum absolute atomic E-state index is 9.98. The maximum Gasteiger partial charge on any atom is 0.164 e. The highest BCUT2D eigenvalue weighted by atomic mass is 16.6. The van der Waals surface area contributed by atoms with Crippen LogP contribution in [0, 0.1) is 0 Å². The minimum Gasteiger partial charge on any atom is -0.394 e. The first-order valence-electron chi connectivity index (χ1n) is 6.56. The molecule has 1 aliphatic heterocycles. The molecule has 1 aliphatic rings. The first-order valence-corrected chi connectivity index (χ1v) is 6.56. The third kappa shape index (κ3) is 3.00. The molecule has 1 fully saturated rings. The molecule has 1 aromatic heterocycles. The first kappa shape index (κ1) is 15.4. The molecule has 0 aromatic carbocycles. The first-order chi connectivity index (χ1) is 9.58. The summed E-state index contributed by atoms with van der Waals surface area (Å²) in [5.74, 6) is 0. The number of hydrogen-bond acceptors (Lipinski definition) is 7. The molecular formula is C12H21N3O5. The van der Waals surface area contributed by atoms with Gasteiger partial charge in [0.25, 0.3) is 0 Å². The Bertz CT molecular complexity index is 425. The van der Waals surface area contributed by atoms with Gasteiger partial charge in [0.15, 0.2) is 6.23 Å². The van der Waals surface area contributed by atoms with Crippen molar-refractivity contribution in [3.8, 4) is 0 Å². The van der Waals surface area contributed by atoms with Crippen molar-refractivity contribution in [3.05, 3.63) is 18.2 Å². The van der Waals surface area contributed by atoms with Gasteiger partial charge in [-0.25, -0.2) is 4.98 Å². The van der Waals surface area contributed by atoms with Crippen LogP contribution < -0.4 is 5.32 Å². The number of aliphatic hydroxyl groups is 4. The van der Waals surface area contributed by atoms with Crippen LogP contribution in [0.25, 0.3) is 0 Å². The number of imidazole rings is 1. The van der Waals surface area contributed by atoms with Crippen molar-refractivity contribution in [2.45, 2.75) is 37.1 Å². The van der Waals surface area contributed by atoms with E-state index in [0.717, 1.165) is 18.7 Å². The Kier molecular flexibility index (Phi) is 5.08. The van der Waals surface area contributed by atoms with Crippen molar-refractivity contribution in [3.63, 3.8) is 0 Å². The van der Waals surface area contributed by atoms with Gasteiger partial charge in [0, 0.05) is 19.2 Å². The van der Waals surface area contributed by atoms with Gasteiger partial charge in [0.2, 0.25) is 0 Å². The van der Waals surface area contributed by atoms with Crippen LogP contribution in [0.2, 0.25) is 0 Å². The summed E-state index contributed by atoms with van der Waals surface area (Å²) in [7, 11) is 1.84. The fourth-order valence-electron chi connectivity index (χ4n) is 2.23. The van der Waals surface area contributed by atoms with E-state index in [0.29, 0.717) is 0 Å². The second-order valence-electron chi connectivity index (χ2n) is 4.89. The summed E-state index contributed by atoms with van der Waals surface area (Å²) >= 11 is 0. The van der Waals surface area contributed by atoms with Crippen LogP contribution in [0.4, 0.5) is 0 Å². The molecule has 1 aromatic rings. The molecule has 1 saturated heterocycles. The highest BCUT2D eigenvalue weighted by Gasteiger charge is 2.44. The van der Waals surface area contributed by atoms with Gasteiger partial charge in [-0.05, 0) is 7.05 Å². The van der Waals surface area contributed by atoms with Gasteiger partial charge in [-0.1, -0.05) is 0 Å². The Labute approximate surface area is 116 Å². The van der Waals surface area contributed by atoms with Crippen LogP contribution in [0.5, 0.6) is 0 Å². The minimum absolute atomic E-state index is 0.442. The van der Waals surface area contributed by atoms with Gasteiger partial charge in [-0.3, -0.25) is 0 Å². The monoisotopic (exact) mass is 287 g/mol. The number of rotatable bonds is 5. The summed E-state index contributed by atoms with van der Waals surface area (Å²) in [4.78, 5) is 4.18. The van der Waals surface area contributed by atoms with Crippen LogP contribution in [-0.2, 0) is 11.2 Å². The number of nitrogens with zero attached hydrogens (tertiary/aromatic N) is 2. The lowest BCUT2D eigenvalue weighted by atomic mass is 9.98. The molecule has 8 heteroatoms. The number of nitrogens with one attached hydrogen (secondary N) is 1. The fourth-order valence-corrected chi connectivity index (χ4v) is 2.23. The van der Waals surface area contributed by atoms with Gasteiger partial charge in [-0.15, -0.1) is 0 Å². The molecule has 0 saturated carbocycles. The van der Waals surface area contributed by atoms with E-state index in [2.05, 4.69) is 10.3 Å². The Hall–Kier alpha value is -1.03. The Balaban J connectivity index is 2.12. The van der Waals surface area contributed by atoms with Crippen LogP contribution in [0.15, 0.2) is 12.5 Å². The molecule has 0 bridgehead atoms. The minimum atomic E-state index is -1.38. The molecule has 114 valence electrons. The van der Waals surface area contributed by atoms with Gasteiger partial charge < -0.3 is 35.0 Å². The van der Waals surface area contributed by atoms with Crippen molar-refractivity contribution in [1.82, 2.24) is 14.9 Å². The highest BCUT2D eigenvalue weighted by molar-refractivity contribution is 5.00. The Morgan fingerprint density at radius 2 is 2.05 bits per heavy atom. The summed E-state index contributed by atoms with van der Waals surface area (Å²) in [5.41, 5.74) is 0.816. The standard InChI is InChI=1S/C12H21N3O5/c1-13-3-2-7-4-15(6-14-7)12-11(19)10(18)9(17)8(5-16)20-12/h4,6,8-13,16-19H,2-3,5H2,1H3/t8-,9-,10+,11-,12-/m1/s1. The van der Waals surface area contributed by atoms with Crippen molar-refractivity contribution >= 4 is 0 Å².